The van der Waals surface area contributed by atoms with Crippen LogP contribution in [0.3, 0.4) is 0 Å². The monoisotopic (exact) mass is 156 g/mol. The molecule has 62 valence electrons. The number of hydrazine groups is 1. The number of H-pyrrole nitrogens is 1. The van der Waals surface area contributed by atoms with Gasteiger partial charge in [0.15, 0.2) is 0 Å². The SMILES string of the molecule is NCCCN(N)c1ncn[nH]1. The zero-order valence-electron chi connectivity index (χ0n) is 6.20. The highest BCUT2D eigenvalue weighted by molar-refractivity contribution is 5.22. The molecule has 11 heavy (non-hydrogen) atoms. The fraction of sp³-hybridized carbons (Fsp3) is 0.600. The number of aromatic nitrogens is 3. The Morgan fingerprint density at radius 1 is 1.64 bits per heavy atom. The van der Waals surface area contributed by atoms with Crippen molar-refractivity contribution in [3.05, 3.63) is 6.33 Å². The highest BCUT2D eigenvalue weighted by atomic mass is 15.5. The van der Waals surface area contributed by atoms with Gasteiger partial charge in [0.25, 0.3) is 0 Å². The molecule has 0 aliphatic rings. The molecule has 1 rings (SSSR count). The molecule has 1 aromatic heterocycles. The smallest absolute Gasteiger partial charge is 0.235 e. The van der Waals surface area contributed by atoms with Crippen LogP contribution in [-0.2, 0) is 0 Å². The van der Waals surface area contributed by atoms with Gasteiger partial charge < -0.3 is 5.73 Å². The van der Waals surface area contributed by atoms with Crippen LogP contribution in [0.1, 0.15) is 6.42 Å². The first kappa shape index (κ1) is 7.96. The minimum absolute atomic E-state index is 0.568. The zero-order chi connectivity index (χ0) is 8.10. The molecule has 5 N–H and O–H groups in total. The van der Waals surface area contributed by atoms with Gasteiger partial charge in [0.1, 0.15) is 6.33 Å². The van der Waals surface area contributed by atoms with Crippen molar-refractivity contribution < 1.29 is 0 Å². The van der Waals surface area contributed by atoms with Crippen molar-refractivity contribution >= 4 is 5.95 Å². The number of nitrogens with two attached hydrogens (primary N) is 2. The number of hydrogen-bond acceptors (Lipinski definition) is 5. The van der Waals surface area contributed by atoms with Crippen LogP contribution in [0.15, 0.2) is 6.33 Å². The van der Waals surface area contributed by atoms with Crippen LogP contribution in [-0.4, -0.2) is 28.3 Å². The lowest BCUT2D eigenvalue weighted by Crippen LogP contribution is -2.33. The number of nitrogens with zero attached hydrogens (tertiary/aromatic N) is 3. The molecule has 0 saturated heterocycles. The molecule has 0 radical (unpaired) electrons. The third-order valence-corrected chi connectivity index (χ3v) is 1.28. The van der Waals surface area contributed by atoms with Crippen LogP contribution in [0.5, 0.6) is 0 Å². The molecule has 0 unspecified atom stereocenters. The number of aromatic amines is 1. The summed E-state index contributed by atoms with van der Waals surface area (Å²) in [6.07, 6.45) is 2.26. The lowest BCUT2D eigenvalue weighted by molar-refractivity contribution is 0.742. The Labute approximate surface area is 64.6 Å². The molecule has 0 saturated carbocycles. The van der Waals surface area contributed by atoms with Crippen molar-refractivity contribution in [2.45, 2.75) is 6.42 Å². The van der Waals surface area contributed by atoms with E-state index in [2.05, 4.69) is 15.2 Å². The van der Waals surface area contributed by atoms with Crippen molar-refractivity contribution in [3.8, 4) is 0 Å². The highest BCUT2D eigenvalue weighted by Gasteiger charge is 2.01. The molecule has 1 heterocycles. The predicted molar refractivity (Wildman–Crippen MR) is 41.6 cm³/mol. The first-order valence-electron chi connectivity index (χ1n) is 3.42. The fourth-order valence-electron chi connectivity index (χ4n) is 0.705. The first-order chi connectivity index (χ1) is 5.34. The van der Waals surface area contributed by atoms with E-state index in [0.29, 0.717) is 19.0 Å². The minimum Gasteiger partial charge on any atom is -0.330 e. The average Bonchev–Trinajstić information content (AvgIpc) is 2.52. The van der Waals surface area contributed by atoms with E-state index in [9.17, 15) is 0 Å². The maximum Gasteiger partial charge on any atom is 0.235 e. The quantitative estimate of drug-likeness (QED) is 0.377. The fourth-order valence-corrected chi connectivity index (χ4v) is 0.705. The second-order valence-electron chi connectivity index (χ2n) is 2.14. The van der Waals surface area contributed by atoms with Gasteiger partial charge in [-0.25, -0.2) is 10.9 Å². The second-order valence-corrected chi connectivity index (χ2v) is 2.14. The molecule has 0 aliphatic heterocycles. The molecule has 0 aliphatic carbocycles. The van der Waals surface area contributed by atoms with Crippen LogP contribution < -0.4 is 16.6 Å². The zero-order valence-corrected chi connectivity index (χ0v) is 6.20. The molecule has 0 amide bonds. The first-order valence-corrected chi connectivity index (χ1v) is 3.42. The molecule has 0 aromatic carbocycles. The lowest BCUT2D eigenvalue weighted by atomic mass is 10.4. The molecule has 0 atom stereocenters. The van der Waals surface area contributed by atoms with Gasteiger partial charge in [0, 0.05) is 6.54 Å². The van der Waals surface area contributed by atoms with Gasteiger partial charge in [-0.3, -0.25) is 5.01 Å². The average molecular weight is 156 g/mol. The van der Waals surface area contributed by atoms with Crippen LogP contribution >= 0.6 is 0 Å². The number of rotatable bonds is 4. The van der Waals surface area contributed by atoms with Crippen LogP contribution in [0.2, 0.25) is 0 Å². The number of hydrogen-bond donors (Lipinski definition) is 3. The Balaban J connectivity index is 2.36. The Morgan fingerprint density at radius 3 is 3.00 bits per heavy atom. The second kappa shape index (κ2) is 3.89. The standard InChI is InChI=1S/C5H12N6/c6-2-1-3-11(7)5-8-4-9-10-5/h4H,1-3,6-7H2,(H,8,9,10). The van der Waals surface area contributed by atoms with Crippen LogP contribution in [0, 0.1) is 0 Å². The molecular formula is C5H12N6. The van der Waals surface area contributed by atoms with Crippen molar-refractivity contribution in [1.29, 1.82) is 0 Å². The molecule has 6 nitrogen and oxygen atoms in total. The Morgan fingerprint density at radius 2 is 2.45 bits per heavy atom. The topological polar surface area (TPSA) is 96.8 Å². The minimum atomic E-state index is 0.568. The lowest BCUT2D eigenvalue weighted by Gasteiger charge is -2.12. The summed E-state index contributed by atoms with van der Waals surface area (Å²) in [7, 11) is 0. The van der Waals surface area contributed by atoms with E-state index < -0.39 is 0 Å². The molecule has 0 bridgehead atoms. The third-order valence-electron chi connectivity index (χ3n) is 1.28. The van der Waals surface area contributed by atoms with E-state index in [1.807, 2.05) is 0 Å². The van der Waals surface area contributed by atoms with Crippen LogP contribution in [0.4, 0.5) is 5.95 Å². The Kier molecular flexibility index (Phi) is 2.82. The van der Waals surface area contributed by atoms with Gasteiger partial charge in [0.05, 0.1) is 0 Å². The summed E-state index contributed by atoms with van der Waals surface area (Å²) in [4.78, 5) is 3.86. The third kappa shape index (κ3) is 2.17. The normalized spacial score (nSPS) is 10.0. The summed E-state index contributed by atoms with van der Waals surface area (Å²) < 4.78 is 0. The molecule has 0 fully saturated rings. The predicted octanol–water partition coefficient (Wildman–Crippen LogP) is -1.17. The van der Waals surface area contributed by atoms with Gasteiger partial charge >= 0.3 is 0 Å². The summed E-state index contributed by atoms with van der Waals surface area (Å²) in [5.74, 6) is 6.14. The van der Waals surface area contributed by atoms with Gasteiger partial charge in [-0.2, -0.15) is 10.1 Å². The number of nitrogens with one attached hydrogen (secondary N) is 1. The summed E-state index contributed by atoms with van der Waals surface area (Å²) in [5.41, 5.74) is 5.30. The summed E-state index contributed by atoms with van der Waals surface area (Å²) in [5, 5.41) is 7.79. The Hall–Kier alpha value is -1.14. The molecule has 0 spiro atoms. The van der Waals surface area contributed by atoms with E-state index in [1.165, 1.54) is 11.3 Å². The van der Waals surface area contributed by atoms with E-state index in [1.54, 1.807) is 0 Å². The molecule has 1 aromatic rings. The van der Waals surface area contributed by atoms with Crippen molar-refractivity contribution in [3.63, 3.8) is 0 Å². The van der Waals surface area contributed by atoms with E-state index >= 15 is 0 Å². The largest absolute Gasteiger partial charge is 0.330 e. The summed E-state index contributed by atoms with van der Waals surface area (Å²) in [6.45, 7) is 1.31. The van der Waals surface area contributed by atoms with Gasteiger partial charge in [-0.05, 0) is 13.0 Å². The molecule has 6 heteroatoms. The maximum atomic E-state index is 5.57. The number of anilines is 1. The Bertz CT molecular complexity index is 183. The van der Waals surface area contributed by atoms with Gasteiger partial charge in [-0.15, -0.1) is 0 Å². The molecular weight excluding hydrogens is 144 g/mol. The van der Waals surface area contributed by atoms with E-state index in [0.717, 1.165) is 6.42 Å². The van der Waals surface area contributed by atoms with Gasteiger partial charge in [0.2, 0.25) is 5.95 Å². The van der Waals surface area contributed by atoms with Gasteiger partial charge in [-0.1, -0.05) is 0 Å². The maximum absolute atomic E-state index is 5.57. The highest BCUT2D eigenvalue weighted by Crippen LogP contribution is 1.97. The van der Waals surface area contributed by atoms with Crippen molar-refractivity contribution in [2.24, 2.45) is 11.6 Å². The van der Waals surface area contributed by atoms with Crippen molar-refractivity contribution in [1.82, 2.24) is 15.2 Å². The van der Waals surface area contributed by atoms with E-state index in [4.69, 9.17) is 11.6 Å². The van der Waals surface area contributed by atoms with Crippen molar-refractivity contribution in [2.75, 3.05) is 18.1 Å². The van der Waals surface area contributed by atoms with Crippen LogP contribution in [0.25, 0.3) is 0 Å². The summed E-state index contributed by atoms with van der Waals surface area (Å²) >= 11 is 0. The summed E-state index contributed by atoms with van der Waals surface area (Å²) in [6, 6.07) is 0. The van der Waals surface area contributed by atoms with E-state index in [-0.39, 0.29) is 0 Å².